The Morgan fingerprint density at radius 2 is 1.88 bits per heavy atom. The zero-order valence-corrected chi connectivity index (χ0v) is 15.2. The number of nitrogens with one attached hydrogen (secondary N) is 3. The van der Waals surface area contributed by atoms with Crippen molar-refractivity contribution in [2.45, 2.75) is 37.6 Å². The van der Waals surface area contributed by atoms with E-state index in [4.69, 9.17) is 0 Å². The van der Waals surface area contributed by atoms with Crippen LogP contribution in [0, 0.1) is 0 Å². The molecular weight excluding hydrogens is 352 g/mol. The van der Waals surface area contributed by atoms with Crippen molar-refractivity contribution < 1.29 is 16.8 Å². The van der Waals surface area contributed by atoms with Crippen molar-refractivity contribution in [2.24, 2.45) is 0 Å². The molecule has 10 heteroatoms. The van der Waals surface area contributed by atoms with Crippen LogP contribution >= 0.6 is 0 Å². The van der Waals surface area contributed by atoms with E-state index in [1.807, 2.05) is 0 Å². The van der Waals surface area contributed by atoms with Crippen molar-refractivity contribution in [2.75, 3.05) is 21.3 Å². The second-order valence-corrected chi connectivity index (χ2v) is 10.1. The Balaban J connectivity index is 1.85. The fourth-order valence-corrected chi connectivity index (χ4v) is 6.64. The van der Waals surface area contributed by atoms with Gasteiger partial charge in [-0.1, -0.05) is 6.07 Å². The molecule has 134 valence electrons. The molecule has 2 aliphatic rings. The molecule has 0 aliphatic carbocycles. The largest absolute Gasteiger partial charge is 0.283 e. The maximum absolute atomic E-state index is 12.7. The molecular formula is C14H22N4O4S2. The average Bonchev–Trinajstić information content (AvgIpc) is 3.00. The topological polar surface area (TPSA) is 108 Å². The van der Waals surface area contributed by atoms with E-state index >= 15 is 0 Å². The van der Waals surface area contributed by atoms with Crippen LogP contribution in [0.1, 0.15) is 20.3 Å². The highest BCUT2D eigenvalue weighted by Gasteiger charge is 2.40. The van der Waals surface area contributed by atoms with Gasteiger partial charge in [-0.05, 0) is 38.5 Å². The lowest BCUT2D eigenvalue weighted by Crippen LogP contribution is -2.41. The predicted octanol–water partition coefficient (Wildman–Crippen LogP) is 0.222. The van der Waals surface area contributed by atoms with Gasteiger partial charge in [-0.3, -0.25) is 19.9 Å². The number of nitrogens with zero attached hydrogens (tertiary/aromatic N) is 1. The van der Waals surface area contributed by atoms with Gasteiger partial charge in [-0.15, -0.1) is 0 Å². The van der Waals surface area contributed by atoms with Crippen LogP contribution in [0.4, 0.5) is 11.4 Å². The van der Waals surface area contributed by atoms with Gasteiger partial charge >= 0.3 is 0 Å². The van der Waals surface area contributed by atoms with Crippen LogP contribution in [0.5, 0.6) is 0 Å². The maximum Gasteiger partial charge on any atom is 0.238 e. The van der Waals surface area contributed by atoms with E-state index in [1.54, 1.807) is 38.1 Å². The van der Waals surface area contributed by atoms with Crippen molar-refractivity contribution >= 4 is 31.4 Å². The van der Waals surface area contributed by atoms with Crippen LogP contribution in [-0.4, -0.2) is 46.5 Å². The van der Waals surface area contributed by atoms with E-state index in [1.165, 1.54) is 4.31 Å². The first-order valence-corrected chi connectivity index (χ1v) is 11.0. The molecule has 1 aromatic rings. The van der Waals surface area contributed by atoms with Crippen molar-refractivity contribution in [3.8, 4) is 0 Å². The van der Waals surface area contributed by atoms with Gasteiger partial charge in [-0.2, -0.15) is 0 Å². The molecule has 3 rings (SSSR count). The fraction of sp³-hybridized carbons (Fsp3) is 0.571. The van der Waals surface area contributed by atoms with Crippen molar-refractivity contribution in [3.05, 3.63) is 24.3 Å². The van der Waals surface area contributed by atoms with Gasteiger partial charge in [0, 0.05) is 18.6 Å². The third kappa shape index (κ3) is 3.23. The lowest BCUT2D eigenvalue weighted by molar-refractivity contribution is 0.564. The zero-order chi connectivity index (χ0) is 17.5. The Hall–Kier alpha value is -1.36. The average molecular weight is 374 g/mol. The molecule has 0 aromatic heterocycles. The highest BCUT2D eigenvalue weighted by molar-refractivity contribution is 7.93. The fourth-order valence-electron chi connectivity index (χ4n) is 3.28. The number of sulfonamides is 2. The summed E-state index contributed by atoms with van der Waals surface area (Å²) in [6, 6.07) is 6.03. The Labute approximate surface area is 142 Å². The first-order chi connectivity index (χ1) is 11.2. The Kier molecular flexibility index (Phi) is 4.49. The Bertz CT molecular complexity index is 815. The van der Waals surface area contributed by atoms with Gasteiger partial charge in [0.25, 0.3) is 0 Å². The molecule has 24 heavy (non-hydrogen) atoms. The van der Waals surface area contributed by atoms with Gasteiger partial charge < -0.3 is 0 Å². The van der Waals surface area contributed by atoms with Crippen molar-refractivity contribution in [1.82, 2.24) is 10.9 Å². The van der Waals surface area contributed by atoms with E-state index < -0.39 is 25.3 Å². The van der Waals surface area contributed by atoms with Crippen LogP contribution in [0.3, 0.4) is 0 Å². The normalized spacial score (nSPS) is 29.8. The van der Waals surface area contributed by atoms with Gasteiger partial charge in [-0.25, -0.2) is 16.8 Å². The maximum atomic E-state index is 12.7. The molecule has 3 N–H and O–H groups in total. The molecule has 2 aliphatic heterocycles. The molecule has 2 saturated heterocycles. The summed E-state index contributed by atoms with van der Waals surface area (Å²) >= 11 is 0. The third-order valence-corrected chi connectivity index (χ3v) is 8.30. The van der Waals surface area contributed by atoms with E-state index in [9.17, 15) is 16.8 Å². The summed E-state index contributed by atoms with van der Waals surface area (Å²) in [6.45, 7) is 4.02. The molecule has 0 amide bonds. The van der Waals surface area contributed by atoms with Gasteiger partial charge in [0.15, 0.2) is 0 Å². The molecule has 2 atom stereocenters. The number of hydrazine groups is 1. The third-order valence-electron chi connectivity index (χ3n) is 4.38. The van der Waals surface area contributed by atoms with E-state index in [-0.39, 0.29) is 17.8 Å². The number of benzene rings is 1. The number of anilines is 2. The lowest BCUT2D eigenvalue weighted by Gasteiger charge is -2.21. The zero-order valence-electron chi connectivity index (χ0n) is 13.6. The second-order valence-electron chi connectivity index (χ2n) is 6.27. The Morgan fingerprint density at radius 3 is 2.46 bits per heavy atom. The summed E-state index contributed by atoms with van der Waals surface area (Å²) in [4.78, 5) is 0. The quantitative estimate of drug-likeness (QED) is 0.696. The monoisotopic (exact) mass is 374 g/mol. The minimum absolute atomic E-state index is 0.122. The molecule has 0 spiro atoms. The molecule has 0 saturated carbocycles. The van der Waals surface area contributed by atoms with Crippen LogP contribution in [0.25, 0.3) is 0 Å². The van der Waals surface area contributed by atoms with Crippen LogP contribution in [0.15, 0.2) is 24.3 Å². The smallest absolute Gasteiger partial charge is 0.238 e. The van der Waals surface area contributed by atoms with Gasteiger partial charge in [0.05, 0.1) is 17.1 Å². The van der Waals surface area contributed by atoms with E-state index in [2.05, 4.69) is 15.6 Å². The van der Waals surface area contributed by atoms with Crippen molar-refractivity contribution in [3.63, 3.8) is 0 Å². The summed E-state index contributed by atoms with van der Waals surface area (Å²) in [6.07, 6.45) is 0.576. The summed E-state index contributed by atoms with van der Waals surface area (Å²) in [5.41, 5.74) is 6.69. The van der Waals surface area contributed by atoms with Gasteiger partial charge in [0.2, 0.25) is 20.0 Å². The minimum Gasteiger partial charge on any atom is -0.283 e. The first kappa shape index (κ1) is 17.5. The summed E-state index contributed by atoms with van der Waals surface area (Å²) in [5.74, 6) is 0.122. The number of hydrogen-bond donors (Lipinski definition) is 3. The molecule has 2 heterocycles. The Morgan fingerprint density at radius 1 is 1.21 bits per heavy atom. The SMILES string of the molecule is CC1NNC(C)C1S(=O)(=O)Nc1cccc(N2CCCS2(=O)=O)c1. The van der Waals surface area contributed by atoms with Crippen LogP contribution < -0.4 is 19.9 Å². The molecule has 1 aromatic carbocycles. The molecule has 0 bridgehead atoms. The van der Waals surface area contributed by atoms with Crippen LogP contribution in [-0.2, 0) is 20.0 Å². The van der Waals surface area contributed by atoms with E-state index in [0.29, 0.717) is 24.3 Å². The number of hydrogen-bond acceptors (Lipinski definition) is 6. The molecule has 8 nitrogen and oxygen atoms in total. The predicted molar refractivity (Wildman–Crippen MR) is 93.7 cm³/mol. The first-order valence-electron chi connectivity index (χ1n) is 7.84. The molecule has 0 radical (unpaired) electrons. The highest BCUT2D eigenvalue weighted by Crippen LogP contribution is 2.27. The number of rotatable bonds is 4. The highest BCUT2D eigenvalue weighted by atomic mass is 32.2. The van der Waals surface area contributed by atoms with Gasteiger partial charge in [0.1, 0.15) is 5.25 Å². The second kappa shape index (κ2) is 6.17. The van der Waals surface area contributed by atoms with E-state index in [0.717, 1.165) is 0 Å². The minimum atomic E-state index is -3.62. The molecule has 2 unspecified atom stereocenters. The summed E-state index contributed by atoms with van der Waals surface area (Å²) in [7, 11) is -6.92. The molecule has 2 fully saturated rings. The summed E-state index contributed by atoms with van der Waals surface area (Å²) < 4.78 is 53.3. The standard InChI is InChI=1S/C14H22N4O4S2/c1-10-14(11(2)16-15-10)24(21,22)17-12-5-3-6-13(9-12)18-7-4-8-23(18,19)20/h3,5-6,9-11,14-17H,4,7-8H2,1-2H3. The van der Waals surface area contributed by atoms with Crippen molar-refractivity contribution in [1.29, 1.82) is 0 Å². The van der Waals surface area contributed by atoms with Crippen LogP contribution in [0.2, 0.25) is 0 Å². The summed E-state index contributed by atoms with van der Waals surface area (Å²) in [5, 5.41) is -0.628. The lowest BCUT2D eigenvalue weighted by atomic mass is 10.2.